The van der Waals surface area contributed by atoms with Gasteiger partial charge in [0.05, 0.1) is 6.26 Å². The lowest BCUT2D eigenvalue weighted by Gasteiger charge is -2.33. The molecule has 1 atom stereocenters. The molecule has 1 aliphatic heterocycles. The molecule has 1 amide bonds. The van der Waals surface area contributed by atoms with Gasteiger partial charge in [-0.05, 0) is 54.6 Å². The number of hydrogen-bond acceptors (Lipinski definition) is 5. The van der Waals surface area contributed by atoms with Crippen LogP contribution in [0.25, 0.3) is 0 Å². The van der Waals surface area contributed by atoms with Crippen LogP contribution in [0.15, 0.2) is 35.7 Å². The van der Waals surface area contributed by atoms with Crippen LogP contribution in [0.2, 0.25) is 0 Å². The summed E-state index contributed by atoms with van der Waals surface area (Å²) >= 11 is 1.80. The van der Waals surface area contributed by atoms with E-state index in [-0.39, 0.29) is 18.3 Å². The van der Waals surface area contributed by atoms with Crippen LogP contribution in [0.5, 0.6) is 0 Å². The molecule has 3 rings (SSSR count). The number of amides is 1. The molecule has 0 spiro atoms. The Morgan fingerprint density at radius 2 is 1.96 bits per heavy atom. The van der Waals surface area contributed by atoms with Crippen LogP contribution in [0.3, 0.4) is 0 Å². The largest absolute Gasteiger partial charge is 0.351 e. The lowest BCUT2D eigenvalue weighted by atomic mass is 10.0. The minimum absolute atomic E-state index is 0. The fourth-order valence-electron chi connectivity index (χ4n) is 3.17. The van der Waals surface area contributed by atoms with E-state index in [0.717, 1.165) is 25.8 Å². The number of carbonyl (C=O) groups is 1. The summed E-state index contributed by atoms with van der Waals surface area (Å²) in [5.41, 5.74) is 2.40. The smallest absolute Gasteiger partial charge is 0.251 e. The van der Waals surface area contributed by atoms with Crippen molar-refractivity contribution in [2.24, 2.45) is 0 Å². The fourth-order valence-corrected chi connectivity index (χ4v) is 4.78. The van der Waals surface area contributed by atoms with Crippen molar-refractivity contribution >= 4 is 45.4 Å². The predicted molar refractivity (Wildman–Crippen MR) is 113 cm³/mol. The Kier molecular flexibility index (Phi) is 7.27. The highest BCUT2D eigenvalue weighted by Crippen LogP contribution is 2.32. The molecule has 9 heteroatoms. The van der Waals surface area contributed by atoms with Gasteiger partial charge in [0.1, 0.15) is 0 Å². The summed E-state index contributed by atoms with van der Waals surface area (Å²) < 4.78 is 24.8. The Bertz CT molecular complexity index is 882. The average Bonchev–Trinajstić information content (AvgIpc) is 3.05. The molecule has 0 aliphatic carbocycles. The molecule has 27 heavy (non-hydrogen) atoms. The summed E-state index contributed by atoms with van der Waals surface area (Å²) in [5.74, 6) is -0.155. The van der Waals surface area contributed by atoms with Gasteiger partial charge < -0.3 is 5.32 Å². The Labute approximate surface area is 170 Å². The van der Waals surface area contributed by atoms with Crippen molar-refractivity contribution in [3.05, 3.63) is 51.7 Å². The number of hydrogen-bond donors (Lipinski definition) is 2. The maximum Gasteiger partial charge on any atom is 0.251 e. The van der Waals surface area contributed by atoms with Crippen molar-refractivity contribution in [2.45, 2.75) is 19.4 Å². The van der Waals surface area contributed by atoms with Crippen molar-refractivity contribution in [1.82, 2.24) is 10.2 Å². The van der Waals surface area contributed by atoms with E-state index in [0.29, 0.717) is 23.8 Å². The van der Waals surface area contributed by atoms with E-state index >= 15 is 0 Å². The average molecular weight is 430 g/mol. The Hall–Kier alpha value is -1.61. The lowest BCUT2D eigenvalue weighted by molar-refractivity contribution is 0.0943. The third kappa shape index (κ3) is 5.68. The molecule has 148 valence electrons. The highest BCUT2D eigenvalue weighted by Gasteiger charge is 2.24. The molecule has 0 bridgehead atoms. The second-order valence-electron chi connectivity index (χ2n) is 6.48. The fraction of sp³-hybridized carbons (Fsp3) is 0.389. The number of benzene rings is 1. The molecule has 2 N–H and O–H groups in total. The van der Waals surface area contributed by atoms with Crippen LogP contribution in [-0.2, 0) is 16.4 Å². The number of sulfonamides is 1. The van der Waals surface area contributed by atoms with Gasteiger partial charge in [-0.15, -0.1) is 23.7 Å². The zero-order valence-corrected chi connectivity index (χ0v) is 17.7. The highest BCUT2D eigenvalue weighted by atomic mass is 35.5. The first-order valence-electron chi connectivity index (χ1n) is 8.50. The predicted octanol–water partition coefficient (Wildman–Crippen LogP) is 2.89. The minimum atomic E-state index is -3.31. The van der Waals surface area contributed by atoms with Crippen LogP contribution >= 0.6 is 23.7 Å². The van der Waals surface area contributed by atoms with E-state index in [1.807, 2.05) is 0 Å². The molecule has 1 aliphatic rings. The van der Waals surface area contributed by atoms with Crippen molar-refractivity contribution in [3.63, 3.8) is 0 Å². The first-order valence-corrected chi connectivity index (χ1v) is 11.3. The molecule has 1 aromatic carbocycles. The lowest BCUT2D eigenvalue weighted by Crippen LogP contribution is -2.39. The summed E-state index contributed by atoms with van der Waals surface area (Å²) in [5, 5.41) is 5.08. The molecule has 2 aromatic rings. The van der Waals surface area contributed by atoms with Crippen LogP contribution < -0.4 is 10.0 Å². The van der Waals surface area contributed by atoms with Crippen LogP contribution in [0, 0.1) is 0 Å². The molecule has 2 heterocycles. The van der Waals surface area contributed by atoms with E-state index in [9.17, 15) is 13.2 Å². The Balaban J connectivity index is 0.00000261. The third-order valence-corrected chi connectivity index (χ3v) is 6.25. The molecule has 6 nitrogen and oxygen atoms in total. The minimum Gasteiger partial charge on any atom is -0.351 e. The van der Waals surface area contributed by atoms with E-state index < -0.39 is 10.0 Å². The van der Waals surface area contributed by atoms with Gasteiger partial charge in [0, 0.05) is 41.8 Å². The highest BCUT2D eigenvalue weighted by molar-refractivity contribution is 7.92. The van der Waals surface area contributed by atoms with E-state index in [2.05, 4.69) is 33.3 Å². The molecule has 1 unspecified atom stereocenters. The molecular formula is C18H24ClN3O3S2. The Morgan fingerprint density at radius 1 is 1.26 bits per heavy atom. The van der Waals surface area contributed by atoms with Gasteiger partial charge in [0.2, 0.25) is 10.0 Å². The standard InChI is InChI=1S/C18H23N3O3S2.ClH/c1-13-17-14(8-12-25-17)7-10-21(13)11-9-19-18(22)15-3-5-16(6-4-15)20-26(2,23)24;/h3-6,8,12-13,20H,7,9-11H2,1-2H3,(H,19,22);1H. The number of thiophene rings is 1. The van der Waals surface area contributed by atoms with Crippen LogP contribution in [0.1, 0.15) is 33.8 Å². The molecule has 0 saturated carbocycles. The number of halogens is 1. The molecular weight excluding hydrogens is 406 g/mol. The topological polar surface area (TPSA) is 78.5 Å². The molecule has 0 radical (unpaired) electrons. The summed E-state index contributed by atoms with van der Waals surface area (Å²) in [6, 6.07) is 8.99. The zero-order valence-electron chi connectivity index (χ0n) is 15.3. The number of fused-ring (bicyclic) bond motifs is 1. The summed E-state index contributed by atoms with van der Waals surface area (Å²) in [6.07, 6.45) is 2.15. The van der Waals surface area contributed by atoms with Gasteiger partial charge in [-0.25, -0.2) is 8.42 Å². The monoisotopic (exact) mass is 429 g/mol. The first kappa shape index (κ1) is 21.7. The number of rotatable bonds is 6. The third-order valence-electron chi connectivity index (χ3n) is 4.51. The van der Waals surface area contributed by atoms with Gasteiger partial charge in [-0.3, -0.25) is 14.4 Å². The molecule has 1 aromatic heterocycles. The normalized spacial score (nSPS) is 16.9. The second kappa shape index (κ2) is 9.05. The second-order valence-corrected chi connectivity index (χ2v) is 9.18. The summed E-state index contributed by atoms with van der Waals surface area (Å²) in [7, 11) is -3.31. The van der Waals surface area contributed by atoms with Gasteiger partial charge >= 0.3 is 0 Å². The van der Waals surface area contributed by atoms with Crippen LogP contribution in [0.4, 0.5) is 5.69 Å². The number of anilines is 1. The first-order chi connectivity index (χ1) is 12.3. The van der Waals surface area contributed by atoms with Gasteiger partial charge in [-0.1, -0.05) is 0 Å². The van der Waals surface area contributed by atoms with Crippen molar-refractivity contribution in [3.8, 4) is 0 Å². The number of carbonyl (C=O) groups excluding carboxylic acids is 1. The van der Waals surface area contributed by atoms with Gasteiger partial charge in [0.25, 0.3) is 5.91 Å². The summed E-state index contributed by atoms with van der Waals surface area (Å²) in [4.78, 5) is 16.1. The van der Waals surface area contributed by atoms with Gasteiger partial charge in [0.15, 0.2) is 0 Å². The number of nitrogens with one attached hydrogen (secondary N) is 2. The quantitative estimate of drug-likeness (QED) is 0.740. The van der Waals surface area contributed by atoms with Crippen molar-refractivity contribution in [1.29, 1.82) is 0 Å². The van der Waals surface area contributed by atoms with E-state index in [1.165, 1.54) is 10.4 Å². The SMILES string of the molecule is CC1c2sccc2CCN1CCNC(=O)c1ccc(NS(C)(=O)=O)cc1.Cl. The number of nitrogens with zero attached hydrogens (tertiary/aromatic N) is 1. The van der Waals surface area contributed by atoms with E-state index in [1.54, 1.807) is 35.6 Å². The van der Waals surface area contributed by atoms with Crippen LogP contribution in [-0.4, -0.2) is 45.1 Å². The maximum atomic E-state index is 12.3. The van der Waals surface area contributed by atoms with Crippen molar-refractivity contribution in [2.75, 3.05) is 30.6 Å². The zero-order chi connectivity index (χ0) is 18.7. The summed E-state index contributed by atoms with van der Waals surface area (Å²) in [6.45, 7) is 4.60. The van der Waals surface area contributed by atoms with E-state index in [4.69, 9.17) is 0 Å². The van der Waals surface area contributed by atoms with Crippen molar-refractivity contribution < 1.29 is 13.2 Å². The Morgan fingerprint density at radius 3 is 2.63 bits per heavy atom. The maximum absolute atomic E-state index is 12.3. The molecule has 0 saturated heterocycles. The van der Waals surface area contributed by atoms with Gasteiger partial charge in [-0.2, -0.15) is 0 Å². The molecule has 0 fully saturated rings.